The number of carbonyl (C=O) groups is 2. The lowest BCUT2D eigenvalue weighted by Gasteiger charge is -2.15. The standard InChI is InChI=1S/C26H25BrClN3O4/c1-4-34-23-13-18(14-29-31-26(33)19-7-9-20(27)10-8-19)12-21(28)25(23)35-15-24(32)30-22-11-16(2)5-6-17(22)3/h5-14H,4,15H2,1-3H3,(H,30,32)(H,31,33)/b29-14+. The molecule has 0 aliphatic heterocycles. The lowest BCUT2D eigenvalue weighted by atomic mass is 10.1. The second kappa shape index (κ2) is 12.4. The number of benzene rings is 3. The maximum absolute atomic E-state index is 12.5. The van der Waals surface area contributed by atoms with Crippen molar-refractivity contribution in [1.82, 2.24) is 5.43 Å². The molecule has 0 spiro atoms. The molecule has 0 heterocycles. The van der Waals surface area contributed by atoms with E-state index in [1.807, 2.05) is 39.0 Å². The van der Waals surface area contributed by atoms with Crippen LogP contribution in [-0.4, -0.2) is 31.2 Å². The Morgan fingerprint density at radius 3 is 2.51 bits per heavy atom. The van der Waals surface area contributed by atoms with Gasteiger partial charge in [0.15, 0.2) is 18.1 Å². The number of hydrogen-bond donors (Lipinski definition) is 2. The Bertz CT molecular complexity index is 1250. The number of rotatable bonds is 9. The number of carbonyl (C=O) groups excluding carboxylic acids is 2. The summed E-state index contributed by atoms with van der Waals surface area (Å²) in [7, 11) is 0. The molecule has 0 saturated carbocycles. The smallest absolute Gasteiger partial charge is 0.271 e. The van der Waals surface area contributed by atoms with Gasteiger partial charge < -0.3 is 14.8 Å². The number of nitrogens with one attached hydrogen (secondary N) is 2. The Balaban J connectivity index is 1.67. The first-order valence-corrected chi connectivity index (χ1v) is 12.0. The maximum Gasteiger partial charge on any atom is 0.271 e. The van der Waals surface area contributed by atoms with Crippen LogP contribution in [-0.2, 0) is 4.79 Å². The Morgan fingerprint density at radius 1 is 1.06 bits per heavy atom. The summed E-state index contributed by atoms with van der Waals surface area (Å²) in [4.78, 5) is 24.7. The van der Waals surface area contributed by atoms with Gasteiger partial charge in [0.05, 0.1) is 17.8 Å². The minimum absolute atomic E-state index is 0.246. The van der Waals surface area contributed by atoms with E-state index in [4.69, 9.17) is 21.1 Å². The molecule has 0 radical (unpaired) electrons. The third kappa shape index (κ3) is 7.56. The molecule has 0 aromatic heterocycles. The van der Waals surface area contributed by atoms with Crippen molar-refractivity contribution in [2.45, 2.75) is 20.8 Å². The lowest BCUT2D eigenvalue weighted by molar-refractivity contribution is -0.118. The van der Waals surface area contributed by atoms with Crippen molar-refractivity contribution in [1.29, 1.82) is 0 Å². The molecule has 0 aliphatic carbocycles. The quantitative estimate of drug-likeness (QED) is 0.253. The van der Waals surface area contributed by atoms with Crippen molar-refractivity contribution in [3.05, 3.63) is 86.3 Å². The van der Waals surface area contributed by atoms with Crippen LogP contribution in [0.1, 0.15) is 34.0 Å². The molecule has 9 heteroatoms. The molecule has 0 bridgehead atoms. The fraction of sp³-hybridized carbons (Fsp3) is 0.192. The third-order valence-corrected chi connectivity index (χ3v) is 5.64. The highest BCUT2D eigenvalue weighted by Gasteiger charge is 2.15. The number of aryl methyl sites for hydroxylation is 2. The zero-order valence-corrected chi connectivity index (χ0v) is 21.9. The molecule has 182 valence electrons. The molecule has 0 unspecified atom stereocenters. The van der Waals surface area contributed by atoms with Gasteiger partial charge in [0.25, 0.3) is 11.8 Å². The maximum atomic E-state index is 12.5. The summed E-state index contributed by atoms with van der Waals surface area (Å²) in [5.41, 5.74) is 6.25. The number of halogens is 2. The van der Waals surface area contributed by atoms with Crippen molar-refractivity contribution in [2.75, 3.05) is 18.5 Å². The first-order valence-electron chi connectivity index (χ1n) is 10.8. The highest BCUT2D eigenvalue weighted by Crippen LogP contribution is 2.36. The van der Waals surface area contributed by atoms with Crippen LogP contribution in [0.2, 0.25) is 5.02 Å². The summed E-state index contributed by atoms with van der Waals surface area (Å²) < 4.78 is 12.2. The van der Waals surface area contributed by atoms with E-state index < -0.39 is 0 Å². The van der Waals surface area contributed by atoms with Crippen molar-refractivity contribution in [3.8, 4) is 11.5 Å². The minimum Gasteiger partial charge on any atom is -0.490 e. The average molecular weight is 559 g/mol. The predicted octanol–water partition coefficient (Wildman–Crippen LogP) is 5.90. The van der Waals surface area contributed by atoms with Crippen LogP contribution in [0.4, 0.5) is 5.69 Å². The molecule has 7 nitrogen and oxygen atoms in total. The number of anilines is 1. The second-order valence-electron chi connectivity index (χ2n) is 7.62. The van der Waals surface area contributed by atoms with Crippen LogP contribution in [0.3, 0.4) is 0 Å². The van der Waals surface area contributed by atoms with Gasteiger partial charge in [0.2, 0.25) is 0 Å². The van der Waals surface area contributed by atoms with E-state index in [1.54, 1.807) is 36.4 Å². The molecule has 3 aromatic carbocycles. The monoisotopic (exact) mass is 557 g/mol. The summed E-state index contributed by atoms with van der Waals surface area (Å²) in [5.74, 6) is -0.0564. The van der Waals surface area contributed by atoms with Crippen LogP contribution in [0.25, 0.3) is 0 Å². The lowest BCUT2D eigenvalue weighted by Crippen LogP contribution is -2.21. The molecule has 0 atom stereocenters. The van der Waals surface area contributed by atoms with E-state index in [-0.39, 0.29) is 29.2 Å². The van der Waals surface area contributed by atoms with E-state index in [2.05, 4.69) is 31.8 Å². The molecule has 2 amide bonds. The van der Waals surface area contributed by atoms with Gasteiger partial charge in [0.1, 0.15) is 0 Å². The van der Waals surface area contributed by atoms with Gasteiger partial charge in [0, 0.05) is 15.7 Å². The van der Waals surface area contributed by atoms with Gasteiger partial charge in [-0.1, -0.05) is 39.7 Å². The SMILES string of the molecule is CCOc1cc(/C=N/NC(=O)c2ccc(Br)cc2)cc(Cl)c1OCC(=O)Nc1cc(C)ccc1C. The van der Waals surface area contributed by atoms with E-state index >= 15 is 0 Å². The predicted molar refractivity (Wildman–Crippen MR) is 142 cm³/mol. The molecule has 0 fully saturated rings. The summed E-state index contributed by atoms with van der Waals surface area (Å²) in [6.45, 7) is 5.81. The molecule has 0 saturated heterocycles. The van der Waals surface area contributed by atoms with Crippen LogP contribution < -0.4 is 20.2 Å². The van der Waals surface area contributed by atoms with E-state index in [0.717, 1.165) is 21.3 Å². The normalized spacial score (nSPS) is 10.8. The fourth-order valence-corrected chi connectivity index (χ4v) is 3.63. The zero-order chi connectivity index (χ0) is 25.4. The average Bonchev–Trinajstić information content (AvgIpc) is 2.81. The largest absolute Gasteiger partial charge is 0.490 e. The Labute approximate surface area is 217 Å². The second-order valence-corrected chi connectivity index (χ2v) is 8.95. The summed E-state index contributed by atoms with van der Waals surface area (Å²) in [6.07, 6.45) is 1.45. The zero-order valence-electron chi connectivity index (χ0n) is 19.5. The molecule has 0 aliphatic rings. The number of amides is 2. The van der Waals surface area contributed by atoms with Gasteiger partial charge >= 0.3 is 0 Å². The topological polar surface area (TPSA) is 89.0 Å². The van der Waals surface area contributed by atoms with Gasteiger partial charge in [-0.3, -0.25) is 9.59 Å². The highest BCUT2D eigenvalue weighted by atomic mass is 79.9. The van der Waals surface area contributed by atoms with Crippen LogP contribution >= 0.6 is 27.5 Å². The molecular weight excluding hydrogens is 534 g/mol. The Kier molecular flexibility index (Phi) is 9.28. The van der Waals surface area contributed by atoms with Gasteiger partial charge in [-0.25, -0.2) is 5.43 Å². The Hall–Kier alpha value is -3.36. The fourth-order valence-electron chi connectivity index (χ4n) is 3.09. The molecular formula is C26H25BrClN3O4. The molecule has 3 aromatic rings. The first kappa shape index (κ1) is 26.2. The summed E-state index contributed by atoms with van der Waals surface area (Å²) in [6, 6.07) is 16.0. The highest BCUT2D eigenvalue weighted by molar-refractivity contribution is 9.10. The van der Waals surface area contributed by atoms with Gasteiger partial charge in [-0.2, -0.15) is 5.10 Å². The Morgan fingerprint density at radius 2 is 1.80 bits per heavy atom. The van der Waals surface area contributed by atoms with E-state index in [1.165, 1.54) is 6.21 Å². The third-order valence-electron chi connectivity index (χ3n) is 4.83. The molecule has 3 rings (SSSR count). The van der Waals surface area contributed by atoms with Gasteiger partial charge in [-0.05, 0) is 79.9 Å². The number of hydrazone groups is 1. The van der Waals surface area contributed by atoms with Crippen molar-refractivity contribution >= 4 is 51.2 Å². The van der Waals surface area contributed by atoms with Crippen molar-refractivity contribution in [3.63, 3.8) is 0 Å². The van der Waals surface area contributed by atoms with Crippen LogP contribution in [0.5, 0.6) is 11.5 Å². The molecule has 35 heavy (non-hydrogen) atoms. The first-order chi connectivity index (χ1) is 16.8. The van der Waals surface area contributed by atoms with Gasteiger partial charge in [-0.15, -0.1) is 0 Å². The van der Waals surface area contributed by atoms with Crippen molar-refractivity contribution < 1.29 is 19.1 Å². The van der Waals surface area contributed by atoms with Crippen LogP contribution in [0, 0.1) is 13.8 Å². The minimum atomic E-state index is -0.348. The number of hydrogen-bond acceptors (Lipinski definition) is 5. The van der Waals surface area contributed by atoms with Crippen LogP contribution in [0.15, 0.2) is 64.2 Å². The molecule has 2 N–H and O–H groups in total. The van der Waals surface area contributed by atoms with E-state index in [0.29, 0.717) is 23.5 Å². The number of nitrogens with zero attached hydrogens (tertiary/aromatic N) is 1. The summed E-state index contributed by atoms with van der Waals surface area (Å²) >= 11 is 9.75. The number of ether oxygens (including phenoxy) is 2. The van der Waals surface area contributed by atoms with E-state index in [9.17, 15) is 9.59 Å². The summed E-state index contributed by atoms with van der Waals surface area (Å²) in [5, 5.41) is 7.09. The van der Waals surface area contributed by atoms with Crippen molar-refractivity contribution in [2.24, 2.45) is 5.10 Å².